The monoisotopic (exact) mass is 316 g/mol. The Kier molecular flexibility index (Phi) is 5.53. The number of aryl methyl sites for hydroxylation is 1. The number of halogens is 1. The first-order valence-electron chi connectivity index (χ1n) is 9.18. The molecule has 0 aliphatic heterocycles. The van der Waals surface area contributed by atoms with Crippen LogP contribution in [-0.2, 0) is 4.74 Å². The van der Waals surface area contributed by atoms with E-state index >= 15 is 0 Å². The maximum Gasteiger partial charge on any atom is 0.126 e. The fourth-order valence-electron chi connectivity index (χ4n) is 3.86. The number of hydrogen-bond donors (Lipinski definition) is 0. The normalized spacial score (nSPS) is 31.3. The highest BCUT2D eigenvalue weighted by atomic mass is 19.1. The van der Waals surface area contributed by atoms with Crippen LogP contribution in [0.25, 0.3) is 0 Å². The lowest BCUT2D eigenvalue weighted by Gasteiger charge is -2.30. The van der Waals surface area contributed by atoms with Crippen LogP contribution in [0.15, 0.2) is 30.4 Å². The third-order valence-corrected chi connectivity index (χ3v) is 5.62. The summed E-state index contributed by atoms with van der Waals surface area (Å²) in [5.74, 6) is 1.84. The van der Waals surface area contributed by atoms with Crippen LogP contribution in [0.5, 0.6) is 0 Å². The van der Waals surface area contributed by atoms with Crippen molar-refractivity contribution < 1.29 is 9.13 Å². The lowest BCUT2D eigenvalue weighted by Crippen LogP contribution is -2.23. The van der Waals surface area contributed by atoms with E-state index in [2.05, 4.69) is 25.1 Å². The van der Waals surface area contributed by atoms with Crippen molar-refractivity contribution in [1.29, 1.82) is 0 Å². The molecule has 0 saturated heterocycles. The molecule has 2 atom stereocenters. The van der Waals surface area contributed by atoms with Crippen molar-refractivity contribution in [3.8, 4) is 0 Å². The van der Waals surface area contributed by atoms with E-state index in [1.165, 1.54) is 24.8 Å². The summed E-state index contributed by atoms with van der Waals surface area (Å²) in [7, 11) is 0. The average Bonchev–Trinajstić information content (AvgIpc) is 2.57. The van der Waals surface area contributed by atoms with Gasteiger partial charge in [0.15, 0.2) is 0 Å². The predicted octanol–water partition coefficient (Wildman–Crippen LogP) is 5.78. The van der Waals surface area contributed by atoms with Gasteiger partial charge in [-0.2, -0.15) is 0 Å². The largest absolute Gasteiger partial charge is 0.374 e. The van der Waals surface area contributed by atoms with E-state index in [1.54, 1.807) is 6.07 Å². The molecule has 0 aromatic heterocycles. The van der Waals surface area contributed by atoms with Gasteiger partial charge in [0.25, 0.3) is 0 Å². The minimum absolute atomic E-state index is 0.0636. The quantitative estimate of drug-likeness (QED) is 0.640. The first-order valence-corrected chi connectivity index (χ1v) is 9.18. The van der Waals surface area contributed by atoms with Crippen LogP contribution >= 0.6 is 0 Å². The standard InChI is InChI=1S/C21H29FO/c1-15-3-11-20(12-4-15)23-14-17-6-9-18(10-7-17)19-8-5-16(2)21(22)13-19/h3,5,8,11,13,15,17-18,20H,4,6-7,9-10,12,14H2,1-2H3. The number of rotatable bonds is 4. The SMILES string of the molecule is Cc1ccc(C2CCC(COC3C=CC(C)CC3)CC2)cc1F. The van der Waals surface area contributed by atoms with E-state index in [1.807, 2.05) is 13.0 Å². The van der Waals surface area contributed by atoms with Crippen molar-refractivity contribution in [3.05, 3.63) is 47.3 Å². The van der Waals surface area contributed by atoms with Gasteiger partial charge in [-0.3, -0.25) is 0 Å². The summed E-state index contributed by atoms with van der Waals surface area (Å²) in [5, 5.41) is 0. The number of ether oxygens (including phenoxy) is 1. The Morgan fingerprint density at radius 2 is 1.83 bits per heavy atom. The molecule has 2 aliphatic rings. The zero-order chi connectivity index (χ0) is 16.2. The van der Waals surface area contributed by atoms with Crippen LogP contribution in [0.3, 0.4) is 0 Å². The smallest absolute Gasteiger partial charge is 0.126 e. The van der Waals surface area contributed by atoms with Gasteiger partial charge in [0.1, 0.15) is 5.82 Å². The van der Waals surface area contributed by atoms with Crippen molar-refractivity contribution in [2.24, 2.45) is 11.8 Å². The number of allylic oxidation sites excluding steroid dienone is 1. The molecule has 0 heterocycles. The fourth-order valence-corrected chi connectivity index (χ4v) is 3.86. The first-order chi connectivity index (χ1) is 11.1. The third kappa shape index (κ3) is 4.44. The van der Waals surface area contributed by atoms with E-state index in [9.17, 15) is 4.39 Å². The first kappa shape index (κ1) is 16.7. The summed E-state index contributed by atoms with van der Waals surface area (Å²) in [6.45, 7) is 4.98. The van der Waals surface area contributed by atoms with Crippen LogP contribution in [0.4, 0.5) is 4.39 Å². The van der Waals surface area contributed by atoms with Gasteiger partial charge < -0.3 is 4.74 Å². The van der Waals surface area contributed by atoms with Gasteiger partial charge in [0.2, 0.25) is 0 Å². The van der Waals surface area contributed by atoms with Gasteiger partial charge in [0.05, 0.1) is 12.7 Å². The van der Waals surface area contributed by atoms with E-state index in [0.29, 0.717) is 23.9 Å². The van der Waals surface area contributed by atoms with Crippen molar-refractivity contribution in [3.63, 3.8) is 0 Å². The van der Waals surface area contributed by atoms with E-state index in [0.717, 1.165) is 31.4 Å². The van der Waals surface area contributed by atoms with Gasteiger partial charge in [-0.05, 0) is 80.4 Å². The summed E-state index contributed by atoms with van der Waals surface area (Å²) < 4.78 is 19.8. The zero-order valence-electron chi connectivity index (χ0n) is 14.4. The number of benzene rings is 1. The minimum atomic E-state index is -0.0636. The molecule has 0 bridgehead atoms. The maximum absolute atomic E-state index is 13.7. The average molecular weight is 316 g/mol. The lowest BCUT2D eigenvalue weighted by atomic mass is 9.79. The van der Waals surface area contributed by atoms with Crippen LogP contribution < -0.4 is 0 Å². The highest BCUT2D eigenvalue weighted by Gasteiger charge is 2.24. The molecule has 2 heteroatoms. The molecule has 1 fully saturated rings. The molecule has 1 aromatic rings. The second-order valence-corrected chi connectivity index (χ2v) is 7.54. The Balaban J connectivity index is 1.45. The lowest BCUT2D eigenvalue weighted by molar-refractivity contribution is 0.0354. The molecular formula is C21H29FO. The molecule has 0 amide bonds. The molecule has 2 unspecified atom stereocenters. The molecule has 126 valence electrons. The van der Waals surface area contributed by atoms with Crippen LogP contribution in [0.2, 0.25) is 0 Å². The predicted molar refractivity (Wildman–Crippen MR) is 93.1 cm³/mol. The Bertz CT molecular complexity index is 543. The summed E-state index contributed by atoms with van der Waals surface area (Å²) in [4.78, 5) is 0. The minimum Gasteiger partial charge on any atom is -0.374 e. The zero-order valence-corrected chi connectivity index (χ0v) is 14.4. The Hall–Kier alpha value is -1.15. The van der Waals surface area contributed by atoms with Crippen molar-refractivity contribution in [1.82, 2.24) is 0 Å². The van der Waals surface area contributed by atoms with Gasteiger partial charge in [-0.1, -0.05) is 31.2 Å². The van der Waals surface area contributed by atoms with Crippen molar-refractivity contribution in [2.75, 3.05) is 6.61 Å². The highest BCUT2D eigenvalue weighted by molar-refractivity contribution is 5.26. The van der Waals surface area contributed by atoms with Gasteiger partial charge >= 0.3 is 0 Å². The van der Waals surface area contributed by atoms with Gasteiger partial charge in [-0.25, -0.2) is 4.39 Å². The molecule has 23 heavy (non-hydrogen) atoms. The molecule has 3 rings (SSSR count). The molecule has 0 N–H and O–H groups in total. The second kappa shape index (κ2) is 7.61. The van der Waals surface area contributed by atoms with Crippen molar-refractivity contribution in [2.45, 2.75) is 64.4 Å². The summed E-state index contributed by atoms with van der Waals surface area (Å²) in [5.41, 5.74) is 1.92. The molecule has 1 aromatic carbocycles. The topological polar surface area (TPSA) is 9.23 Å². The molecular weight excluding hydrogens is 287 g/mol. The molecule has 1 nitrogen and oxygen atoms in total. The van der Waals surface area contributed by atoms with Crippen LogP contribution in [0, 0.1) is 24.6 Å². The summed E-state index contributed by atoms with van der Waals surface area (Å²) >= 11 is 0. The summed E-state index contributed by atoms with van der Waals surface area (Å²) in [6.07, 6.45) is 12.0. The molecule has 0 spiro atoms. The maximum atomic E-state index is 13.7. The van der Waals surface area contributed by atoms with Gasteiger partial charge in [-0.15, -0.1) is 0 Å². The van der Waals surface area contributed by atoms with Crippen LogP contribution in [-0.4, -0.2) is 12.7 Å². The number of hydrogen-bond acceptors (Lipinski definition) is 1. The highest BCUT2D eigenvalue weighted by Crippen LogP contribution is 2.36. The third-order valence-electron chi connectivity index (χ3n) is 5.62. The van der Waals surface area contributed by atoms with Crippen LogP contribution in [0.1, 0.15) is 62.5 Å². The second-order valence-electron chi connectivity index (χ2n) is 7.54. The Morgan fingerprint density at radius 1 is 1.04 bits per heavy atom. The van der Waals surface area contributed by atoms with Gasteiger partial charge in [0, 0.05) is 0 Å². The molecule has 0 radical (unpaired) electrons. The Morgan fingerprint density at radius 3 is 2.48 bits per heavy atom. The Labute approximate surface area is 139 Å². The van der Waals surface area contributed by atoms with E-state index in [4.69, 9.17) is 4.74 Å². The fraction of sp³-hybridized carbons (Fsp3) is 0.619. The van der Waals surface area contributed by atoms with Crippen molar-refractivity contribution >= 4 is 0 Å². The summed E-state index contributed by atoms with van der Waals surface area (Å²) in [6, 6.07) is 5.76. The van der Waals surface area contributed by atoms with E-state index < -0.39 is 0 Å². The van der Waals surface area contributed by atoms with E-state index in [-0.39, 0.29) is 5.82 Å². The molecule has 2 aliphatic carbocycles. The molecule has 1 saturated carbocycles.